The summed E-state index contributed by atoms with van der Waals surface area (Å²) in [6.07, 6.45) is 6.49. The summed E-state index contributed by atoms with van der Waals surface area (Å²) in [5.74, 6) is 0.615. The molecule has 0 bridgehead atoms. The van der Waals surface area contributed by atoms with Gasteiger partial charge in [0, 0.05) is 5.88 Å². The second-order valence-electron chi connectivity index (χ2n) is 4.32. The monoisotopic (exact) mass is 286 g/mol. The zero-order valence-corrected chi connectivity index (χ0v) is 11.1. The maximum absolute atomic E-state index is 5.99. The van der Waals surface area contributed by atoms with E-state index in [4.69, 9.17) is 11.6 Å². The molecule has 1 aliphatic carbocycles. The lowest BCUT2D eigenvalue weighted by Crippen LogP contribution is -2.22. The quantitative estimate of drug-likeness (QED) is 0.673. The summed E-state index contributed by atoms with van der Waals surface area (Å²) in [6.45, 7) is 0. The molecule has 0 saturated heterocycles. The number of hydrogen-bond acceptors (Lipinski definition) is 0. The van der Waals surface area contributed by atoms with Gasteiger partial charge >= 0.3 is 0 Å². The van der Waals surface area contributed by atoms with Crippen LogP contribution in [-0.4, -0.2) is 0 Å². The number of halogens is 2. The molecule has 0 N–H and O–H groups in total. The van der Waals surface area contributed by atoms with Crippen molar-refractivity contribution in [2.45, 2.75) is 42.3 Å². The minimum atomic E-state index is 0.191. The Morgan fingerprint density at radius 1 is 1.13 bits per heavy atom. The van der Waals surface area contributed by atoms with Gasteiger partial charge in [0.1, 0.15) is 0 Å². The van der Waals surface area contributed by atoms with Crippen molar-refractivity contribution in [1.29, 1.82) is 0 Å². The summed E-state index contributed by atoms with van der Waals surface area (Å²) >= 11 is 9.93. The number of benzene rings is 1. The van der Waals surface area contributed by atoms with Gasteiger partial charge in [-0.15, -0.1) is 11.6 Å². The summed E-state index contributed by atoms with van der Waals surface area (Å²) in [5, 5.41) is 0. The molecule has 1 fully saturated rings. The minimum absolute atomic E-state index is 0.191. The van der Waals surface area contributed by atoms with Gasteiger partial charge in [0.25, 0.3) is 0 Å². The largest absolute Gasteiger partial charge is 0.122 e. The first-order valence-electron chi connectivity index (χ1n) is 5.59. The lowest BCUT2D eigenvalue weighted by molar-refractivity contribution is 0.414. The molecule has 0 nitrogen and oxygen atoms in total. The average molecular weight is 288 g/mol. The molecule has 1 aromatic carbocycles. The highest BCUT2D eigenvalue weighted by molar-refractivity contribution is 9.09. The van der Waals surface area contributed by atoms with Crippen molar-refractivity contribution < 1.29 is 0 Å². The van der Waals surface area contributed by atoms with E-state index in [0.29, 0.717) is 5.88 Å². The molecule has 2 heteroatoms. The van der Waals surface area contributed by atoms with Gasteiger partial charge in [0.15, 0.2) is 0 Å². The topological polar surface area (TPSA) is 0 Å². The third-order valence-electron chi connectivity index (χ3n) is 3.29. The molecule has 0 heterocycles. The zero-order chi connectivity index (χ0) is 10.7. The standard InChI is InChI=1S/C13H16BrCl/c14-13(8-4-1-5-9-13)12-7-3-2-6-11(12)10-15/h2-3,6-7H,1,4-5,8-10H2. The Bertz CT molecular complexity index is 329. The molecule has 15 heavy (non-hydrogen) atoms. The van der Waals surface area contributed by atoms with Gasteiger partial charge in [-0.2, -0.15) is 0 Å². The van der Waals surface area contributed by atoms with Crippen LogP contribution < -0.4 is 0 Å². The first-order chi connectivity index (χ1) is 7.26. The van der Waals surface area contributed by atoms with Crippen LogP contribution in [0.2, 0.25) is 0 Å². The second kappa shape index (κ2) is 4.88. The third kappa shape index (κ3) is 2.39. The smallest absolute Gasteiger partial charge is 0.0509 e. The molecule has 0 unspecified atom stereocenters. The van der Waals surface area contributed by atoms with E-state index in [1.165, 1.54) is 43.2 Å². The van der Waals surface area contributed by atoms with Gasteiger partial charge in [-0.1, -0.05) is 59.5 Å². The SMILES string of the molecule is ClCc1ccccc1C1(Br)CCCCC1. The summed E-state index contributed by atoms with van der Waals surface area (Å²) < 4.78 is 0.191. The van der Waals surface area contributed by atoms with Crippen molar-refractivity contribution >= 4 is 27.5 Å². The van der Waals surface area contributed by atoms with Gasteiger partial charge in [-0.3, -0.25) is 0 Å². The van der Waals surface area contributed by atoms with Crippen molar-refractivity contribution in [2.75, 3.05) is 0 Å². The first kappa shape index (κ1) is 11.5. The fraction of sp³-hybridized carbons (Fsp3) is 0.538. The van der Waals surface area contributed by atoms with Crippen molar-refractivity contribution in [1.82, 2.24) is 0 Å². The van der Waals surface area contributed by atoms with Crippen LogP contribution in [0.15, 0.2) is 24.3 Å². The maximum Gasteiger partial charge on any atom is 0.0509 e. The van der Waals surface area contributed by atoms with Gasteiger partial charge in [0.05, 0.1) is 4.32 Å². The Morgan fingerprint density at radius 2 is 1.80 bits per heavy atom. The summed E-state index contributed by atoms with van der Waals surface area (Å²) in [4.78, 5) is 0. The maximum atomic E-state index is 5.99. The predicted octanol–water partition coefficient (Wildman–Crippen LogP) is 4.98. The van der Waals surface area contributed by atoms with E-state index < -0.39 is 0 Å². The zero-order valence-electron chi connectivity index (χ0n) is 8.81. The van der Waals surface area contributed by atoms with E-state index >= 15 is 0 Å². The average Bonchev–Trinajstić information content (AvgIpc) is 2.30. The third-order valence-corrected chi connectivity index (χ3v) is 4.80. The Kier molecular flexibility index (Phi) is 3.73. The lowest BCUT2D eigenvalue weighted by Gasteiger charge is -2.33. The normalized spacial score (nSPS) is 20.1. The van der Waals surface area contributed by atoms with Crippen LogP contribution in [0.4, 0.5) is 0 Å². The molecule has 0 aromatic heterocycles. The predicted molar refractivity (Wildman–Crippen MR) is 69.7 cm³/mol. The fourth-order valence-corrected chi connectivity index (χ4v) is 3.64. The molecule has 1 aliphatic rings. The molecule has 0 aliphatic heterocycles. The highest BCUT2D eigenvalue weighted by Gasteiger charge is 2.32. The number of rotatable bonds is 2. The Morgan fingerprint density at radius 3 is 2.47 bits per heavy atom. The Hall–Kier alpha value is -0.0100. The molecule has 2 rings (SSSR count). The van der Waals surface area contributed by atoms with Crippen molar-refractivity contribution in [3.05, 3.63) is 35.4 Å². The Labute approximate surface area is 105 Å². The van der Waals surface area contributed by atoms with Crippen molar-refractivity contribution in [3.63, 3.8) is 0 Å². The molecule has 1 saturated carbocycles. The first-order valence-corrected chi connectivity index (χ1v) is 6.92. The molecule has 0 amide bonds. The lowest BCUT2D eigenvalue weighted by atomic mass is 9.82. The van der Waals surface area contributed by atoms with E-state index in [1.54, 1.807) is 0 Å². The van der Waals surface area contributed by atoms with E-state index in [-0.39, 0.29) is 4.32 Å². The highest BCUT2D eigenvalue weighted by atomic mass is 79.9. The number of hydrogen-bond donors (Lipinski definition) is 0. The van der Waals surface area contributed by atoms with Gasteiger partial charge in [0.2, 0.25) is 0 Å². The van der Waals surface area contributed by atoms with Crippen LogP contribution in [0.3, 0.4) is 0 Å². The van der Waals surface area contributed by atoms with Crippen LogP contribution in [0.5, 0.6) is 0 Å². The van der Waals surface area contributed by atoms with E-state index in [1.807, 2.05) is 0 Å². The molecular formula is C13H16BrCl. The second-order valence-corrected chi connectivity index (χ2v) is 6.10. The molecule has 1 aromatic rings. The highest BCUT2D eigenvalue weighted by Crippen LogP contribution is 2.45. The summed E-state index contributed by atoms with van der Waals surface area (Å²) in [7, 11) is 0. The summed E-state index contributed by atoms with van der Waals surface area (Å²) in [5.41, 5.74) is 2.68. The van der Waals surface area contributed by atoms with Crippen molar-refractivity contribution in [2.24, 2.45) is 0 Å². The molecular weight excluding hydrogens is 272 g/mol. The van der Waals surface area contributed by atoms with Crippen molar-refractivity contribution in [3.8, 4) is 0 Å². The van der Waals surface area contributed by atoms with E-state index in [0.717, 1.165) is 0 Å². The van der Waals surface area contributed by atoms with Gasteiger partial charge in [-0.25, -0.2) is 0 Å². The molecule has 0 spiro atoms. The van der Waals surface area contributed by atoms with Gasteiger partial charge in [-0.05, 0) is 24.0 Å². The Balaban J connectivity index is 2.34. The fourth-order valence-electron chi connectivity index (χ4n) is 2.46. The molecule has 0 radical (unpaired) electrons. The molecule has 0 atom stereocenters. The van der Waals surface area contributed by atoms with E-state index in [2.05, 4.69) is 40.2 Å². The molecule has 82 valence electrons. The van der Waals surface area contributed by atoms with Crippen LogP contribution >= 0.6 is 27.5 Å². The minimum Gasteiger partial charge on any atom is -0.122 e. The summed E-state index contributed by atoms with van der Waals surface area (Å²) in [6, 6.07) is 8.54. The van der Waals surface area contributed by atoms with Crippen LogP contribution in [-0.2, 0) is 10.2 Å². The van der Waals surface area contributed by atoms with Crippen LogP contribution in [0.25, 0.3) is 0 Å². The van der Waals surface area contributed by atoms with Crippen LogP contribution in [0.1, 0.15) is 43.2 Å². The van der Waals surface area contributed by atoms with Gasteiger partial charge < -0.3 is 0 Å². The number of alkyl halides is 2. The van der Waals surface area contributed by atoms with E-state index in [9.17, 15) is 0 Å². The van der Waals surface area contributed by atoms with Crippen LogP contribution in [0, 0.1) is 0 Å².